The number of carbonyl (C=O) groups is 1. The van der Waals surface area contributed by atoms with Crippen molar-refractivity contribution < 1.29 is 9.53 Å². The molecule has 5 heteroatoms. The Morgan fingerprint density at radius 2 is 1.83 bits per heavy atom. The molecule has 0 unspecified atom stereocenters. The maximum Gasteiger partial charge on any atom is 0.227 e. The molecule has 1 aliphatic carbocycles. The molecule has 1 fully saturated rings. The number of nitrogens with two attached hydrogens (primary N) is 1. The number of amides is 1. The lowest BCUT2D eigenvalue weighted by molar-refractivity contribution is -0.130. The number of halogens is 1. The molecule has 0 aliphatic heterocycles. The van der Waals surface area contributed by atoms with Gasteiger partial charge in [0.15, 0.2) is 0 Å². The van der Waals surface area contributed by atoms with Crippen molar-refractivity contribution in [1.29, 1.82) is 0 Å². The predicted octanol–water partition coefficient (Wildman–Crippen LogP) is 3.41. The summed E-state index contributed by atoms with van der Waals surface area (Å²) in [5.74, 6) is 0.956. The second-order valence-electron chi connectivity index (χ2n) is 6.42. The largest absolute Gasteiger partial charge is 0.497 e. The van der Waals surface area contributed by atoms with Gasteiger partial charge in [-0.05, 0) is 47.4 Å². The summed E-state index contributed by atoms with van der Waals surface area (Å²) in [5.41, 5.74) is 6.62. The van der Waals surface area contributed by atoms with Gasteiger partial charge in [-0.15, -0.1) is 12.4 Å². The van der Waals surface area contributed by atoms with Crippen molar-refractivity contribution in [2.45, 2.75) is 32.2 Å². The highest BCUT2D eigenvalue weighted by atomic mass is 35.5. The van der Waals surface area contributed by atoms with E-state index in [4.69, 9.17) is 10.5 Å². The zero-order chi connectivity index (χ0) is 16.3. The Balaban J connectivity index is 0.00000208. The van der Waals surface area contributed by atoms with E-state index in [0.29, 0.717) is 13.1 Å². The molecule has 4 nitrogen and oxygen atoms in total. The van der Waals surface area contributed by atoms with Crippen molar-refractivity contribution in [3.8, 4) is 5.75 Å². The number of rotatable bonds is 5. The molecule has 2 aromatic carbocycles. The zero-order valence-electron chi connectivity index (χ0n) is 14.0. The molecule has 0 bridgehead atoms. The molecule has 130 valence electrons. The van der Waals surface area contributed by atoms with E-state index in [1.165, 1.54) is 0 Å². The van der Waals surface area contributed by atoms with Gasteiger partial charge in [0, 0.05) is 13.1 Å². The van der Waals surface area contributed by atoms with Gasteiger partial charge in [0.25, 0.3) is 0 Å². The van der Waals surface area contributed by atoms with Gasteiger partial charge in [0.1, 0.15) is 5.75 Å². The smallest absolute Gasteiger partial charge is 0.227 e. The minimum atomic E-state index is -0.343. The molecule has 0 saturated heterocycles. The van der Waals surface area contributed by atoms with Crippen LogP contribution >= 0.6 is 12.4 Å². The van der Waals surface area contributed by atoms with Gasteiger partial charge < -0.3 is 15.8 Å². The Morgan fingerprint density at radius 1 is 1.17 bits per heavy atom. The Hall–Kier alpha value is -1.78. The van der Waals surface area contributed by atoms with Gasteiger partial charge in [-0.25, -0.2) is 0 Å². The van der Waals surface area contributed by atoms with E-state index in [-0.39, 0.29) is 23.7 Å². The summed E-state index contributed by atoms with van der Waals surface area (Å²) in [6.07, 6.45) is 4.02. The molecule has 0 spiro atoms. The van der Waals surface area contributed by atoms with Gasteiger partial charge >= 0.3 is 0 Å². The van der Waals surface area contributed by atoms with Crippen LogP contribution in [0.5, 0.6) is 5.75 Å². The first kappa shape index (κ1) is 18.6. The number of fused-ring (bicyclic) bond motifs is 1. The van der Waals surface area contributed by atoms with Crippen LogP contribution in [0, 0.1) is 5.41 Å². The van der Waals surface area contributed by atoms with Crippen LogP contribution in [0.1, 0.15) is 31.2 Å². The molecule has 24 heavy (non-hydrogen) atoms. The van der Waals surface area contributed by atoms with E-state index < -0.39 is 0 Å². The monoisotopic (exact) mass is 348 g/mol. The molecule has 0 atom stereocenters. The Bertz CT molecular complexity index is 712. The number of benzene rings is 2. The minimum absolute atomic E-state index is 0. The van der Waals surface area contributed by atoms with Crippen LogP contribution in [-0.4, -0.2) is 19.6 Å². The third-order valence-corrected chi connectivity index (χ3v) is 5.00. The van der Waals surface area contributed by atoms with Gasteiger partial charge in [0.2, 0.25) is 5.91 Å². The molecular formula is C19H25ClN2O2. The maximum atomic E-state index is 12.5. The van der Waals surface area contributed by atoms with Crippen LogP contribution in [0.3, 0.4) is 0 Å². The van der Waals surface area contributed by atoms with Gasteiger partial charge in [-0.2, -0.15) is 0 Å². The molecule has 3 rings (SSSR count). The fourth-order valence-electron chi connectivity index (χ4n) is 3.46. The number of nitrogens with one attached hydrogen (secondary N) is 1. The van der Waals surface area contributed by atoms with Crippen LogP contribution in [0.25, 0.3) is 10.8 Å². The molecule has 0 aromatic heterocycles. The van der Waals surface area contributed by atoms with E-state index in [2.05, 4.69) is 17.4 Å². The van der Waals surface area contributed by atoms with E-state index in [0.717, 1.165) is 47.8 Å². The summed E-state index contributed by atoms with van der Waals surface area (Å²) in [5, 5.41) is 5.35. The van der Waals surface area contributed by atoms with Crippen LogP contribution in [0.4, 0.5) is 0 Å². The molecule has 1 amide bonds. The fraction of sp³-hybridized carbons (Fsp3) is 0.421. The van der Waals surface area contributed by atoms with E-state index in [1.807, 2.05) is 24.3 Å². The Morgan fingerprint density at radius 3 is 2.50 bits per heavy atom. The fourth-order valence-corrected chi connectivity index (χ4v) is 3.46. The lowest BCUT2D eigenvalue weighted by Crippen LogP contribution is -2.43. The van der Waals surface area contributed by atoms with Crippen molar-refractivity contribution in [2.24, 2.45) is 11.1 Å². The van der Waals surface area contributed by atoms with E-state index >= 15 is 0 Å². The first-order chi connectivity index (χ1) is 11.2. The number of hydrogen-bond donors (Lipinski definition) is 2. The summed E-state index contributed by atoms with van der Waals surface area (Å²) in [4.78, 5) is 12.5. The van der Waals surface area contributed by atoms with Crippen LogP contribution < -0.4 is 15.8 Å². The Labute approximate surface area is 149 Å². The summed E-state index contributed by atoms with van der Waals surface area (Å²) < 4.78 is 5.24. The number of carbonyl (C=O) groups excluding carboxylic acids is 1. The molecular weight excluding hydrogens is 324 g/mol. The quantitative estimate of drug-likeness (QED) is 0.870. The van der Waals surface area contributed by atoms with Gasteiger partial charge in [-0.3, -0.25) is 4.79 Å². The first-order valence-electron chi connectivity index (χ1n) is 8.22. The van der Waals surface area contributed by atoms with Crippen molar-refractivity contribution in [1.82, 2.24) is 5.32 Å². The van der Waals surface area contributed by atoms with E-state index in [9.17, 15) is 4.79 Å². The molecule has 2 aromatic rings. The third kappa shape index (κ3) is 3.65. The second kappa shape index (κ2) is 7.86. The van der Waals surface area contributed by atoms with Crippen molar-refractivity contribution in [3.63, 3.8) is 0 Å². The summed E-state index contributed by atoms with van der Waals surface area (Å²) >= 11 is 0. The summed E-state index contributed by atoms with van der Waals surface area (Å²) in [6, 6.07) is 12.2. The highest BCUT2D eigenvalue weighted by Crippen LogP contribution is 2.37. The molecule has 1 aliphatic rings. The van der Waals surface area contributed by atoms with Crippen LogP contribution in [0.15, 0.2) is 36.4 Å². The van der Waals surface area contributed by atoms with Crippen molar-refractivity contribution in [2.75, 3.05) is 13.7 Å². The molecule has 3 N–H and O–H groups in total. The highest BCUT2D eigenvalue weighted by Gasteiger charge is 2.39. The normalized spacial score (nSPS) is 15.8. The van der Waals surface area contributed by atoms with Crippen molar-refractivity contribution in [3.05, 3.63) is 42.0 Å². The standard InChI is InChI=1S/C19H24N2O2.ClH/c1-23-17-7-6-15-10-14(4-5-16(15)11-17)12-21-18(22)19(13-20)8-2-3-9-19;/h4-7,10-11H,2-3,8-9,12-13,20H2,1H3,(H,21,22);1H. The third-order valence-electron chi connectivity index (χ3n) is 5.00. The average Bonchev–Trinajstić information content (AvgIpc) is 3.09. The van der Waals surface area contributed by atoms with Crippen LogP contribution in [-0.2, 0) is 11.3 Å². The zero-order valence-corrected chi connectivity index (χ0v) is 14.8. The number of methoxy groups -OCH3 is 1. The minimum Gasteiger partial charge on any atom is -0.497 e. The predicted molar refractivity (Wildman–Crippen MR) is 99.6 cm³/mol. The highest BCUT2D eigenvalue weighted by molar-refractivity contribution is 5.86. The van der Waals surface area contributed by atoms with Crippen molar-refractivity contribution >= 4 is 29.1 Å². The SMILES string of the molecule is COc1ccc2cc(CNC(=O)C3(CN)CCCC3)ccc2c1.Cl. The summed E-state index contributed by atoms with van der Waals surface area (Å²) in [7, 11) is 1.67. The lowest BCUT2D eigenvalue weighted by Gasteiger charge is -2.25. The maximum absolute atomic E-state index is 12.5. The lowest BCUT2D eigenvalue weighted by atomic mass is 9.85. The molecule has 0 radical (unpaired) electrons. The van der Waals surface area contributed by atoms with Gasteiger partial charge in [-0.1, -0.05) is 31.0 Å². The second-order valence-corrected chi connectivity index (χ2v) is 6.42. The topological polar surface area (TPSA) is 64.3 Å². The average molecular weight is 349 g/mol. The van der Waals surface area contributed by atoms with Gasteiger partial charge in [0.05, 0.1) is 12.5 Å². The first-order valence-corrected chi connectivity index (χ1v) is 8.22. The van der Waals surface area contributed by atoms with E-state index in [1.54, 1.807) is 7.11 Å². The number of hydrogen-bond acceptors (Lipinski definition) is 3. The van der Waals surface area contributed by atoms with Crippen LogP contribution in [0.2, 0.25) is 0 Å². The number of ether oxygens (including phenoxy) is 1. The molecule has 1 saturated carbocycles. The molecule has 0 heterocycles. The summed E-state index contributed by atoms with van der Waals surface area (Å²) in [6.45, 7) is 0.985. The Kier molecular flexibility index (Phi) is 6.08.